The Labute approximate surface area is 106 Å². The summed E-state index contributed by atoms with van der Waals surface area (Å²) in [4.78, 5) is 18.1. The molecule has 5 nitrogen and oxygen atoms in total. The van der Waals surface area contributed by atoms with Gasteiger partial charge in [0.2, 0.25) is 0 Å². The summed E-state index contributed by atoms with van der Waals surface area (Å²) < 4.78 is 1.70. The molecule has 0 spiro atoms. The third kappa shape index (κ3) is 2.25. The summed E-state index contributed by atoms with van der Waals surface area (Å²) in [6, 6.07) is 1.89. The van der Waals surface area contributed by atoms with Gasteiger partial charge in [0.15, 0.2) is 11.4 Å². The number of carbonyl (C=O) groups is 1. The van der Waals surface area contributed by atoms with Gasteiger partial charge in [0, 0.05) is 38.6 Å². The maximum Gasteiger partial charge on any atom is 0.190 e. The van der Waals surface area contributed by atoms with Crippen LogP contribution in [0.5, 0.6) is 0 Å². The first-order valence-corrected chi connectivity index (χ1v) is 5.70. The maximum atomic E-state index is 12.0. The topological polar surface area (TPSA) is 50.5 Å². The second kappa shape index (κ2) is 4.60. The number of carbonyl (C=O) groups excluding carboxylic acids is 1. The third-order valence-electron chi connectivity index (χ3n) is 2.64. The van der Waals surface area contributed by atoms with Crippen molar-refractivity contribution in [1.82, 2.24) is 19.5 Å². The van der Waals surface area contributed by atoms with Crippen molar-refractivity contribution in [2.24, 2.45) is 0 Å². The number of allylic oxidation sites excluding steroid dienone is 1. The molecule has 0 aliphatic heterocycles. The quantitative estimate of drug-likeness (QED) is 0.608. The predicted molar refractivity (Wildman–Crippen MR) is 69.6 cm³/mol. The van der Waals surface area contributed by atoms with E-state index in [1.807, 2.05) is 38.9 Å². The molecule has 0 fully saturated rings. The first-order valence-electron chi connectivity index (χ1n) is 5.70. The smallest absolute Gasteiger partial charge is 0.190 e. The molecule has 0 saturated carbocycles. The fraction of sp³-hybridized carbons (Fsp3) is 0.308. The van der Waals surface area contributed by atoms with E-state index in [9.17, 15) is 4.79 Å². The summed E-state index contributed by atoms with van der Waals surface area (Å²) >= 11 is 0. The van der Waals surface area contributed by atoms with E-state index in [1.165, 1.54) is 6.08 Å². The second-order valence-electron chi connectivity index (χ2n) is 4.46. The van der Waals surface area contributed by atoms with Crippen molar-refractivity contribution in [2.45, 2.75) is 13.8 Å². The van der Waals surface area contributed by atoms with Gasteiger partial charge in [-0.3, -0.25) is 4.79 Å². The highest BCUT2D eigenvalue weighted by Crippen LogP contribution is 2.12. The average Bonchev–Trinajstić information content (AvgIpc) is 2.68. The van der Waals surface area contributed by atoms with Gasteiger partial charge in [0.25, 0.3) is 0 Å². The molecule has 0 aromatic carbocycles. The van der Waals surface area contributed by atoms with Gasteiger partial charge >= 0.3 is 0 Å². The summed E-state index contributed by atoms with van der Waals surface area (Å²) in [5.74, 6) is -0.0660. The molecule has 0 N–H and O–H groups in total. The lowest BCUT2D eigenvalue weighted by atomic mass is 10.1. The summed E-state index contributed by atoms with van der Waals surface area (Å²) in [7, 11) is 3.74. The standard InChI is InChI=1S/C13H16N4O/c1-9-7-13-14-8-11(10(2)17(13)15-9)12(18)5-6-16(3)4/h5-8H,1-4H3. The molecule has 0 bridgehead atoms. The van der Waals surface area contributed by atoms with E-state index in [4.69, 9.17) is 0 Å². The SMILES string of the molecule is Cc1cc2ncc(C(=O)C=CN(C)C)c(C)n2n1. The van der Waals surface area contributed by atoms with Crippen molar-refractivity contribution in [1.29, 1.82) is 0 Å². The van der Waals surface area contributed by atoms with Gasteiger partial charge in [0.05, 0.1) is 17.0 Å². The van der Waals surface area contributed by atoms with E-state index >= 15 is 0 Å². The normalized spacial score (nSPS) is 11.3. The first kappa shape index (κ1) is 12.3. The molecule has 0 amide bonds. The molecular weight excluding hydrogens is 228 g/mol. The van der Waals surface area contributed by atoms with Crippen LogP contribution in [0.4, 0.5) is 0 Å². The minimum atomic E-state index is -0.0660. The van der Waals surface area contributed by atoms with E-state index in [1.54, 1.807) is 16.9 Å². The van der Waals surface area contributed by atoms with Crippen molar-refractivity contribution in [2.75, 3.05) is 14.1 Å². The molecule has 0 saturated heterocycles. The Balaban J connectivity index is 2.45. The van der Waals surface area contributed by atoms with Gasteiger partial charge in [-0.25, -0.2) is 9.50 Å². The molecule has 0 aliphatic carbocycles. The summed E-state index contributed by atoms with van der Waals surface area (Å²) in [6.07, 6.45) is 4.86. The minimum absolute atomic E-state index is 0.0660. The lowest BCUT2D eigenvalue weighted by Crippen LogP contribution is -2.08. The van der Waals surface area contributed by atoms with Crippen molar-refractivity contribution >= 4 is 11.4 Å². The van der Waals surface area contributed by atoms with Crippen LogP contribution in [0.3, 0.4) is 0 Å². The van der Waals surface area contributed by atoms with Crippen molar-refractivity contribution < 1.29 is 4.79 Å². The molecular formula is C13H16N4O. The second-order valence-corrected chi connectivity index (χ2v) is 4.46. The third-order valence-corrected chi connectivity index (χ3v) is 2.64. The fourth-order valence-corrected chi connectivity index (χ4v) is 1.71. The van der Waals surface area contributed by atoms with Gasteiger partial charge in [0.1, 0.15) is 0 Å². The molecule has 5 heteroatoms. The van der Waals surface area contributed by atoms with Gasteiger partial charge in [-0.1, -0.05) is 0 Å². The van der Waals surface area contributed by atoms with Crippen LogP contribution in [0.2, 0.25) is 0 Å². The Bertz CT molecular complexity index is 625. The van der Waals surface area contributed by atoms with Crippen molar-refractivity contribution in [3.05, 3.63) is 41.5 Å². The van der Waals surface area contributed by atoms with E-state index in [-0.39, 0.29) is 5.78 Å². The summed E-state index contributed by atoms with van der Waals surface area (Å²) in [6.45, 7) is 3.78. The van der Waals surface area contributed by atoms with Gasteiger partial charge in [-0.15, -0.1) is 0 Å². The zero-order valence-corrected chi connectivity index (χ0v) is 11.0. The van der Waals surface area contributed by atoms with Crippen LogP contribution in [0.15, 0.2) is 24.5 Å². The number of aryl methyl sites for hydroxylation is 2. The number of ketones is 1. The maximum absolute atomic E-state index is 12.0. The number of rotatable bonds is 3. The van der Waals surface area contributed by atoms with Gasteiger partial charge in [-0.05, 0) is 13.8 Å². The van der Waals surface area contributed by atoms with E-state index < -0.39 is 0 Å². The number of hydrogen-bond donors (Lipinski definition) is 0. The molecule has 2 aromatic rings. The monoisotopic (exact) mass is 244 g/mol. The highest BCUT2D eigenvalue weighted by molar-refractivity contribution is 6.05. The molecule has 0 aliphatic rings. The van der Waals surface area contributed by atoms with Crippen LogP contribution in [-0.2, 0) is 0 Å². The Hall–Kier alpha value is -2.17. The van der Waals surface area contributed by atoms with Crippen LogP contribution in [0.25, 0.3) is 5.65 Å². The Kier molecular flexibility index (Phi) is 3.14. The highest BCUT2D eigenvalue weighted by Gasteiger charge is 2.11. The molecule has 2 heterocycles. The lowest BCUT2D eigenvalue weighted by Gasteiger charge is -2.05. The number of fused-ring (bicyclic) bond motifs is 1. The average molecular weight is 244 g/mol. The van der Waals surface area contributed by atoms with Crippen molar-refractivity contribution in [3.63, 3.8) is 0 Å². The Morgan fingerprint density at radius 1 is 1.39 bits per heavy atom. The molecule has 0 atom stereocenters. The van der Waals surface area contributed by atoms with E-state index in [0.29, 0.717) is 5.56 Å². The summed E-state index contributed by atoms with van der Waals surface area (Å²) in [5.41, 5.74) is 3.03. The van der Waals surface area contributed by atoms with E-state index in [0.717, 1.165) is 17.0 Å². The fourth-order valence-electron chi connectivity index (χ4n) is 1.71. The molecule has 0 radical (unpaired) electrons. The van der Waals surface area contributed by atoms with Crippen LogP contribution in [0, 0.1) is 13.8 Å². The van der Waals surface area contributed by atoms with Gasteiger partial charge in [-0.2, -0.15) is 5.10 Å². The highest BCUT2D eigenvalue weighted by atomic mass is 16.1. The Morgan fingerprint density at radius 2 is 2.11 bits per heavy atom. The van der Waals surface area contributed by atoms with Crippen molar-refractivity contribution in [3.8, 4) is 0 Å². The zero-order chi connectivity index (χ0) is 13.3. The largest absolute Gasteiger partial charge is 0.383 e. The zero-order valence-electron chi connectivity index (χ0n) is 11.0. The molecule has 18 heavy (non-hydrogen) atoms. The van der Waals surface area contributed by atoms with Crippen LogP contribution in [-0.4, -0.2) is 39.4 Å². The molecule has 2 rings (SSSR count). The lowest BCUT2D eigenvalue weighted by molar-refractivity contribution is 0.104. The summed E-state index contributed by atoms with van der Waals surface area (Å²) in [5, 5.41) is 4.32. The number of aromatic nitrogens is 3. The van der Waals surface area contributed by atoms with Crippen LogP contribution in [0.1, 0.15) is 21.7 Å². The Morgan fingerprint density at radius 3 is 2.78 bits per heavy atom. The number of nitrogens with zero attached hydrogens (tertiary/aromatic N) is 4. The molecule has 0 unspecified atom stereocenters. The van der Waals surface area contributed by atoms with Gasteiger partial charge < -0.3 is 4.90 Å². The van der Waals surface area contributed by atoms with Crippen LogP contribution >= 0.6 is 0 Å². The number of hydrogen-bond acceptors (Lipinski definition) is 4. The van der Waals surface area contributed by atoms with E-state index in [2.05, 4.69) is 10.1 Å². The predicted octanol–water partition coefficient (Wildman–Crippen LogP) is 1.60. The minimum Gasteiger partial charge on any atom is -0.383 e. The van der Waals surface area contributed by atoms with Crippen LogP contribution < -0.4 is 0 Å². The molecule has 94 valence electrons. The first-order chi connectivity index (χ1) is 8.49. The molecule has 2 aromatic heterocycles.